The summed E-state index contributed by atoms with van der Waals surface area (Å²) in [5.41, 5.74) is 11.1. The molecule has 0 radical (unpaired) electrons. The number of rotatable bonds is 8. The number of carbonyl (C=O) groups is 2. The number of hydrogen-bond acceptors (Lipinski definition) is 5. The molecule has 8 nitrogen and oxygen atoms in total. The van der Waals surface area contributed by atoms with Crippen molar-refractivity contribution in [3.63, 3.8) is 0 Å². The zero-order valence-corrected chi connectivity index (χ0v) is 12.8. The molecule has 0 bridgehead atoms. The van der Waals surface area contributed by atoms with Crippen LogP contribution in [-0.4, -0.2) is 39.5 Å². The van der Waals surface area contributed by atoms with Gasteiger partial charge in [-0.2, -0.15) is 0 Å². The van der Waals surface area contributed by atoms with Crippen LogP contribution in [0.5, 0.6) is 0 Å². The molecular formula is C11H24N3O5P. The first kappa shape index (κ1) is 19.1. The fraction of sp³-hybridized carbons (Fsp3) is 0.818. The molecule has 1 amide bonds. The minimum Gasteiger partial charge on any atom is -0.481 e. The molecule has 0 saturated heterocycles. The van der Waals surface area contributed by atoms with Gasteiger partial charge in [-0.25, -0.2) is 0 Å². The third-order valence-electron chi connectivity index (χ3n) is 3.27. The van der Waals surface area contributed by atoms with Crippen molar-refractivity contribution in [2.45, 2.75) is 51.2 Å². The third-order valence-corrected chi connectivity index (χ3v) is 5.64. The topological polar surface area (TPSA) is 156 Å². The van der Waals surface area contributed by atoms with Crippen LogP contribution >= 0.6 is 7.37 Å². The Balaban J connectivity index is 5.05. The van der Waals surface area contributed by atoms with Crippen LogP contribution in [-0.2, 0) is 14.2 Å². The van der Waals surface area contributed by atoms with Crippen molar-refractivity contribution in [3.8, 4) is 0 Å². The summed E-state index contributed by atoms with van der Waals surface area (Å²) in [5, 5.41) is 11.0. The van der Waals surface area contributed by atoms with E-state index >= 15 is 0 Å². The van der Waals surface area contributed by atoms with E-state index in [0.29, 0.717) is 6.42 Å². The predicted molar refractivity (Wildman–Crippen MR) is 75.1 cm³/mol. The lowest BCUT2D eigenvalue weighted by atomic mass is 9.99. The first-order chi connectivity index (χ1) is 9.03. The highest BCUT2D eigenvalue weighted by Crippen LogP contribution is 2.49. The molecule has 0 rings (SSSR count). The van der Waals surface area contributed by atoms with Crippen LogP contribution in [0.1, 0.15) is 33.6 Å². The standard InChI is InChI=1S/C11H24N3O5P/c1-4-6(2)10(13)11(17)14-8(5-9(15)16)20(18,19)7(3)12/h6-8,10H,4-5,12-13H2,1-3H3,(H,14,17)(H,15,16)(H,18,19)/t6-,7?,8?,10-/m0/s1. The van der Waals surface area contributed by atoms with Crippen molar-refractivity contribution >= 4 is 19.2 Å². The Labute approximate surface area is 118 Å². The number of hydrogen-bond donors (Lipinski definition) is 5. The molecule has 5 atom stereocenters. The number of aliphatic carboxylic acids is 1. The van der Waals surface area contributed by atoms with Gasteiger partial charge in [-0.05, 0) is 12.8 Å². The van der Waals surface area contributed by atoms with Crippen LogP contribution < -0.4 is 16.8 Å². The quantitative estimate of drug-likeness (QED) is 0.390. The second-order valence-corrected chi connectivity index (χ2v) is 7.73. The molecule has 0 heterocycles. The molecular weight excluding hydrogens is 285 g/mol. The average molecular weight is 309 g/mol. The van der Waals surface area contributed by atoms with Gasteiger partial charge in [0.25, 0.3) is 0 Å². The number of carbonyl (C=O) groups excluding carboxylic acids is 1. The first-order valence-corrected chi connectivity index (χ1v) is 8.19. The second-order valence-electron chi connectivity index (χ2n) is 4.95. The maximum absolute atomic E-state index is 12.1. The number of carboxylic acid groups (broad SMARTS) is 1. The van der Waals surface area contributed by atoms with E-state index in [2.05, 4.69) is 5.32 Å². The minimum absolute atomic E-state index is 0.131. The highest BCUT2D eigenvalue weighted by atomic mass is 31.2. The van der Waals surface area contributed by atoms with E-state index in [1.54, 1.807) is 6.92 Å². The average Bonchev–Trinajstić information content (AvgIpc) is 2.35. The summed E-state index contributed by atoms with van der Waals surface area (Å²) in [7, 11) is -4.05. The lowest BCUT2D eigenvalue weighted by molar-refractivity contribution is -0.137. The van der Waals surface area contributed by atoms with Crippen molar-refractivity contribution in [2.75, 3.05) is 0 Å². The van der Waals surface area contributed by atoms with Crippen molar-refractivity contribution < 1.29 is 24.2 Å². The van der Waals surface area contributed by atoms with Crippen LogP contribution in [0, 0.1) is 5.92 Å². The Kier molecular flexibility index (Phi) is 7.37. The predicted octanol–water partition coefficient (Wildman–Crippen LogP) is -0.148. The Hall–Kier alpha value is -0.950. The van der Waals surface area contributed by atoms with Gasteiger partial charge in [0.15, 0.2) is 0 Å². The van der Waals surface area contributed by atoms with E-state index in [9.17, 15) is 19.0 Å². The SMILES string of the molecule is CC[C@H](C)[C@H](N)C(=O)NC(CC(=O)O)P(=O)(O)C(C)N. The van der Waals surface area contributed by atoms with Gasteiger partial charge in [-0.1, -0.05) is 20.3 Å². The fourth-order valence-corrected chi connectivity index (χ4v) is 2.79. The van der Waals surface area contributed by atoms with Crippen molar-refractivity contribution in [1.82, 2.24) is 5.32 Å². The van der Waals surface area contributed by atoms with Gasteiger partial charge in [-0.3, -0.25) is 14.2 Å². The monoisotopic (exact) mass is 309 g/mol. The molecule has 7 N–H and O–H groups in total. The molecule has 9 heteroatoms. The largest absolute Gasteiger partial charge is 0.481 e. The zero-order valence-electron chi connectivity index (χ0n) is 11.9. The molecule has 0 aromatic rings. The van der Waals surface area contributed by atoms with E-state index in [0.717, 1.165) is 0 Å². The third kappa shape index (κ3) is 5.20. The lowest BCUT2D eigenvalue weighted by Gasteiger charge is -2.27. The summed E-state index contributed by atoms with van der Waals surface area (Å²) in [6.45, 7) is 4.91. The van der Waals surface area contributed by atoms with E-state index < -0.39 is 43.3 Å². The van der Waals surface area contributed by atoms with E-state index in [1.807, 2.05) is 6.92 Å². The van der Waals surface area contributed by atoms with E-state index in [4.69, 9.17) is 16.6 Å². The van der Waals surface area contributed by atoms with Crippen LogP contribution in [0.4, 0.5) is 0 Å². The lowest BCUT2D eigenvalue weighted by Crippen LogP contribution is -2.49. The Bertz CT molecular complexity index is 402. The maximum atomic E-state index is 12.1. The zero-order chi connectivity index (χ0) is 16.1. The molecule has 0 saturated carbocycles. The molecule has 118 valence electrons. The van der Waals surface area contributed by atoms with Crippen molar-refractivity contribution in [1.29, 1.82) is 0 Å². The van der Waals surface area contributed by atoms with Gasteiger partial charge < -0.3 is 26.8 Å². The number of nitrogens with one attached hydrogen (secondary N) is 1. The molecule has 0 aliphatic rings. The first-order valence-electron chi connectivity index (χ1n) is 6.39. The van der Waals surface area contributed by atoms with Crippen LogP contribution in [0.2, 0.25) is 0 Å². The van der Waals surface area contributed by atoms with Crippen molar-refractivity contribution in [3.05, 3.63) is 0 Å². The molecule has 0 aliphatic heterocycles. The van der Waals surface area contributed by atoms with E-state index in [1.165, 1.54) is 6.92 Å². The van der Waals surface area contributed by atoms with Crippen LogP contribution in [0.25, 0.3) is 0 Å². The molecule has 0 fully saturated rings. The summed E-state index contributed by atoms with van der Waals surface area (Å²) < 4.78 is 12.1. The summed E-state index contributed by atoms with van der Waals surface area (Å²) >= 11 is 0. The van der Waals surface area contributed by atoms with Gasteiger partial charge in [0, 0.05) is 0 Å². The highest BCUT2D eigenvalue weighted by Gasteiger charge is 2.38. The van der Waals surface area contributed by atoms with Gasteiger partial charge in [-0.15, -0.1) is 0 Å². The molecule has 0 aliphatic carbocycles. The fourth-order valence-electron chi connectivity index (χ4n) is 1.50. The van der Waals surface area contributed by atoms with Crippen LogP contribution in [0.15, 0.2) is 0 Å². The van der Waals surface area contributed by atoms with Crippen molar-refractivity contribution in [2.24, 2.45) is 17.4 Å². The van der Waals surface area contributed by atoms with Gasteiger partial charge in [0.2, 0.25) is 13.3 Å². The minimum atomic E-state index is -4.05. The molecule has 20 heavy (non-hydrogen) atoms. The summed E-state index contributed by atoms with van der Waals surface area (Å²) in [6.07, 6.45) is -0.0312. The number of carboxylic acids is 1. The number of nitrogens with two attached hydrogens (primary N) is 2. The molecule has 0 aromatic heterocycles. The highest BCUT2D eigenvalue weighted by molar-refractivity contribution is 7.59. The molecule has 0 aromatic carbocycles. The van der Waals surface area contributed by atoms with Crippen LogP contribution in [0.3, 0.4) is 0 Å². The molecule has 3 unspecified atom stereocenters. The maximum Gasteiger partial charge on any atom is 0.306 e. The Morgan fingerprint density at radius 3 is 2.15 bits per heavy atom. The Morgan fingerprint density at radius 1 is 1.30 bits per heavy atom. The van der Waals surface area contributed by atoms with Gasteiger partial charge >= 0.3 is 5.97 Å². The summed E-state index contributed by atoms with van der Waals surface area (Å²) in [4.78, 5) is 32.5. The summed E-state index contributed by atoms with van der Waals surface area (Å²) in [5.74, 6) is -4.67. The smallest absolute Gasteiger partial charge is 0.306 e. The normalized spacial score (nSPS) is 20.3. The van der Waals surface area contributed by atoms with Gasteiger partial charge in [0.1, 0.15) is 5.78 Å². The van der Waals surface area contributed by atoms with Gasteiger partial charge in [0.05, 0.1) is 18.2 Å². The second kappa shape index (κ2) is 7.73. The molecule has 0 spiro atoms. The summed E-state index contributed by atoms with van der Waals surface area (Å²) in [6, 6.07) is -0.871. The van der Waals surface area contributed by atoms with E-state index in [-0.39, 0.29) is 5.92 Å². The Morgan fingerprint density at radius 2 is 1.80 bits per heavy atom. The number of amides is 1.